The van der Waals surface area contributed by atoms with Gasteiger partial charge < -0.3 is 10.1 Å². The Morgan fingerprint density at radius 2 is 2.20 bits per heavy atom. The minimum atomic E-state index is 0.591. The van der Waals surface area contributed by atoms with E-state index in [-0.39, 0.29) is 0 Å². The highest BCUT2D eigenvalue weighted by molar-refractivity contribution is 4.84. The van der Waals surface area contributed by atoms with Crippen LogP contribution in [0.2, 0.25) is 0 Å². The molecular formula is C13H25NO. The summed E-state index contributed by atoms with van der Waals surface area (Å²) in [7, 11) is 1.76. The Kier molecular flexibility index (Phi) is 9.67. The molecule has 0 saturated heterocycles. The zero-order valence-electron chi connectivity index (χ0n) is 10.4. The molecule has 0 radical (unpaired) electrons. The van der Waals surface area contributed by atoms with Gasteiger partial charge >= 0.3 is 0 Å². The van der Waals surface area contributed by atoms with Gasteiger partial charge in [0.15, 0.2) is 0 Å². The maximum Gasteiger partial charge on any atom is 0.0488 e. The third kappa shape index (κ3) is 8.47. The topological polar surface area (TPSA) is 21.3 Å². The second kappa shape index (κ2) is 10.0. The fourth-order valence-electron chi connectivity index (χ4n) is 1.88. The van der Waals surface area contributed by atoms with Crippen LogP contribution >= 0.6 is 0 Å². The number of methoxy groups -OCH3 is 1. The van der Waals surface area contributed by atoms with Gasteiger partial charge in [-0.1, -0.05) is 13.8 Å². The van der Waals surface area contributed by atoms with E-state index in [2.05, 4.69) is 25.1 Å². The summed E-state index contributed by atoms with van der Waals surface area (Å²) in [6.07, 6.45) is 9.60. The summed E-state index contributed by atoms with van der Waals surface area (Å²) in [5.74, 6) is 3.31. The first-order chi connectivity index (χ1) is 7.24. The number of hydrogen-bond acceptors (Lipinski definition) is 2. The SMILES string of the molecule is C#CCCCC(CC(C)COC)NCC. The van der Waals surface area contributed by atoms with E-state index in [4.69, 9.17) is 11.2 Å². The Morgan fingerprint density at radius 3 is 2.73 bits per heavy atom. The second-order valence-electron chi connectivity index (χ2n) is 4.15. The lowest BCUT2D eigenvalue weighted by Gasteiger charge is -2.21. The summed E-state index contributed by atoms with van der Waals surface area (Å²) in [6.45, 7) is 6.25. The lowest BCUT2D eigenvalue weighted by molar-refractivity contribution is 0.148. The lowest BCUT2D eigenvalue weighted by atomic mass is 9.98. The van der Waals surface area contributed by atoms with E-state index in [1.165, 1.54) is 12.8 Å². The van der Waals surface area contributed by atoms with Gasteiger partial charge in [0.1, 0.15) is 0 Å². The molecule has 88 valence electrons. The molecule has 0 aliphatic carbocycles. The minimum Gasteiger partial charge on any atom is -0.384 e. The number of rotatable bonds is 9. The molecule has 15 heavy (non-hydrogen) atoms. The minimum absolute atomic E-state index is 0.591. The second-order valence-corrected chi connectivity index (χ2v) is 4.15. The first-order valence-electron chi connectivity index (χ1n) is 5.90. The number of hydrogen-bond donors (Lipinski definition) is 1. The van der Waals surface area contributed by atoms with E-state index in [1.54, 1.807) is 7.11 Å². The summed E-state index contributed by atoms with van der Waals surface area (Å²) in [5, 5.41) is 3.51. The van der Waals surface area contributed by atoms with Gasteiger partial charge in [-0.2, -0.15) is 0 Å². The average Bonchev–Trinajstić information content (AvgIpc) is 2.18. The molecule has 0 saturated carbocycles. The van der Waals surface area contributed by atoms with Crippen molar-refractivity contribution in [1.29, 1.82) is 0 Å². The van der Waals surface area contributed by atoms with Crippen LogP contribution in [0.15, 0.2) is 0 Å². The third-order valence-corrected chi connectivity index (χ3v) is 2.50. The van der Waals surface area contributed by atoms with Crippen molar-refractivity contribution < 1.29 is 4.74 Å². The normalized spacial score (nSPS) is 14.5. The van der Waals surface area contributed by atoms with Crippen molar-refractivity contribution >= 4 is 0 Å². The van der Waals surface area contributed by atoms with E-state index >= 15 is 0 Å². The van der Waals surface area contributed by atoms with Crippen molar-refractivity contribution in [1.82, 2.24) is 5.32 Å². The molecule has 0 aromatic heterocycles. The Morgan fingerprint density at radius 1 is 1.47 bits per heavy atom. The van der Waals surface area contributed by atoms with Crippen molar-refractivity contribution in [3.8, 4) is 12.3 Å². The van der Waals surface area contributed by atoms with Gasteiger partial charge in [-0.05, 0) is 31.7 Å². The van der Waals surface area contributed by atoms with Crippen molar-refractivity contribution in [3.63, 3.8) is 0 Å². The molecule has 0 aromatic carbocycles. The third-order valence-electron chi connectivity index (χ3n) is 2.50. The smallest absolute Gasteiger partial charge is 0.0488 e. The van der Waals surface area contributed by atoms with Crippen molar-refractivity contribution in [2.24, 2.45) is 5.92 Å². The van der Waals surface area contributed by atoms with E-state index in [9.17, 15) is 0 Å². The van der Waals surface area contributed by atoms with E-state index in [0.717, 1.165) is 26.0 Å². The molecule has 1 N–H and O–H groups in total. The molecule has 2 heteroatoms. The van der Waals surface area contributed by atoms with Crippen LogP contribution in [-0.2, 0) is 4.74 Å². The van der Waals surface area contributed by atoms with Crippen LogP contribution in [0.4, 0.5) is 0 Å². The van der Waals surface area contributed by atoms with Crippen LogP contribution in [0.3, 0.4) is 0 Å². The van der Waals surface area contributed by atoms with Crippen LogP contribution in [-0.4, -0.2) is 26.3 Å². The maximum atomic E-state index is 5.25. The molecule has 0 aliphatic heterocycles. The molecule has 0 amide bonds. The van der Waals surface area contributed by atoms with Crippen molar-refractivity contribution in [3.05, 3.63) is 0 Å². The molecule has 0 fully saturated rings. The Hall–Kier alpha value is -0.520. The highest BCUT2D eigenvalue weighted by Crippen LogP contribution is 2.11. The number of ether oxygens (including phenoxy) is 1. The molecule has 0 aromatic rings. The lowest BCUT2D eigenvalue weighted by Crippen LogP contribution is -2.31. The van der Waals surface area contributed by atoms with E-state index in [1.807, 2.05) is 0 Å². The summed E-state index contributed by atoms with van der Waals surface area (Å²) >= 11 is 0. The highest BCUT2D eigenvalue weighted by atomic mass is 16.5. The molecule has 0 spiro atoms. The highest BCUT2D eigenvalue weighted by Gasteiger charge is 2.11. The molecule has 2 unspecified atom stereocenters. The Balaban J connectivity index is 3.76. The van der Waals surface area contributed by atoms with Crippen LogP contribution in [0, 0.1) is 18.3 Å². The van der Waals surface area contributed by atoms with Crippen LogP contribution in [0.1, 0.15) is 39.5 Å². The quantitative estimate of drug-likeness (QED) is 0.467. The van der Waals surface area contributed by atoms with Gasteiger partial charge in [0.2, 0.25) is 0 Å². The number of terminal acetylenes is 1. The molecule has 0 aliphatic rings. The molecule has 0 bridgehead atoms. The Bertz CT molecular complexity index is 174. The summed E-state index contributed by atoms with van der Waals surface area (Å²) in [6, 6.07) is 0.591. The zero-order chi connectivity index (χ0) is 11.5. The van der Waals surface area contributed by atoms with Gasteiger partial charge in [-0.15, -0.1) is 12.3 Å². The summed E-state index contributed by atoms with van der Waals surface area (Å²) in [4.78, 5) is 0. The van der Waals surface area contributed by atoms with Crippen molar-refractivity contribution in [2.45, 2.75) is 45.6 Å². The maximum absolute atomic E-state index is 5.25. The number of nitrogens with one attached hydrogen (secondary N) is 1. The largest absolute Gasteiger partial charge is 0.384 e. The van der Waals surface area contributed by atoms with Gasteiger partial charge in [0.05, 0.1) is 0 Å². The predicted molar refractivity (Wildman–Crippen MR) is 65.8 cm³/mol. The summed E-state index contributed by atoms with van der Waals surface area (Å²) in [5.41, 5.74) is 0. The van der Waals surface area contributed by atoms with Gasteiger partial charge in [-0.3, -0.25) is 0 Å². The average molecular weight is 211 g/mol. The first kappa shape index (κ1) is 14.5. The van der Waals surface area contributed by atoms with Crippen LogP contribution < -0.4 is 5.32 Å². The van der Waals surface area contributed by atoms with Gasteiger partial charge in [0.25, 0.3) is 0 Å². The standard InChI is InChI=1S/C13H25NO/c1-5-7-8-9-13(14-6-2)10-12(3)11-15-4/h1,12-14H,6-11H2,2-4H3. The predicted octanol–water partition coefficient (Wildman–Crippen LogP) is 2.44. The van der Waals surface area contributed by atoms with E-state index in [0.29, 0.717) is 12.0 Å². The molecule has 2 nitrogen and oxygen atoms in total. The fraction of sp³-hybridized carbons (Fsp3) is 0.846. The van der Waals surface area contributed by atoms with Crippen molar-refractivity contribution in [2.75, 3.05) is 20.3 Å². The van der Waals surface area contributed by atoms with Crippen LogP contribution in [0.5, 0.6) is 0 Å². The molecule has 0 heterocycles. The monoisotopic (exact) mass is 211 g/mol. The van der Waals surface area contributed by atoms with Gasteiger partial charge in [-0.25, -0.2) is 0 Å². The summed E-state index contributed by atoms with van der Waals surface area (Å²) < 4.78 is 5.15. The number of unbranched alkanes of at least 4 members (excludes halogenated alkanes) is 1. The zero-order valence-corrected chi connectivity index (χ0v) is 10.4. The molecule has 0 rings (SSSR count). The Labute approximate surface area is 94.8 Å². The van der Waals surface area contributed by atoms with Crippen LogP contribution in [0.25, 0.3) is 0 Å². The molecule has 2 atom stereocenters. The first-order valence-corrected chi connectivity index (χ1v) is 5.90. The molecular weight excluding hydrogens is 186 g/mol. The fourth-order valence-corrected chi connectivity index (χ4v) is 1.88. The van der Waals surface area contributed by atoms with Gasteiger partial charge in [0, 0.05) is 26.2 Å². The van der Waals surface area contributed by atoms with E-state index < -0.39 is 0 Å².